The molecule has 0 fully saturated rings. The van der Waals surface area contributed by atoms with Crippen molar-refractivity contribution in [3.05, 3.63) is 129 Å². The lowest BCUT2D eigenvalue weighted by molar-refractivity contribution is 0.0845. The monoisotopic (exact) mass is 418 g/mol. The Kier molecular flexibility index (Phi) is 3.80. The third-order valence-corrected chi connectivity index (χ3v) is 7.32. The molecule has 0 radical (unpaired) electrons. The van der Waals surface area contributed by atoms with Crippen molar-refractivity contribution in [1.29, 1.82) is 0 Å². The molecule has 148 valence electrons. The lowest BCUT2D eigenvalue weighted by Crippen LogP contribution is -2.38. The number of thiophene rings is 1. The molecular formula is C28H18O2S. The highest BCUT2D eigenvalue weighted by Gasteiger charge is 2.61. The molecule has 3 aromatic carbocycles. The van der Waals surface area contributed by atoms with Gasteiger partial charge in [-0.15, -0.1) is 11.3 Å². The van der Waals surface area contributed by atoms with E-state index in [0.717, 1.165) is 38.3 Å². The van der Waals surface area contributed by atoms with Crippen molar-refractivity contribution < 1.29 is 9.59 Å². The molecule has 0 bridgehead atoms. The van der Waals surface area contributed by atoms with Crippen LogP contribution in [-0.2, 0) is 5.41 Å². The molecule has 0 N–H and O–H groups in total. The van der Waals surface area contributed by atoms with Gasteiger partial charge >= 0.3 is 0 Å². The van der Waals surface area contributed by atoms with E-state index in [1.54, 1.807) is 23.5 Å². The number of rotatable bonds is 2. The third-order valence-electron chi connectivity index (χ3n) is 6.43. The van der Waals surface area contributed by atoms with Crippen LogP contribution in [0.5, 0.6) is 0 Å². The predicted molar refractivity (Wildman–Crippen MR) is 125 cm³/mol. The molecule has 0 aliphatic heterocycles. The fraction of sp³-hybridized carbons (Fsp3) is 0.0714. The zero-order valence-corrected chi connectivity index (χ0v) is 17.7. The first kappa shape index (κ1) is 18.2. The molecule has 31 heavy (non-hydrogen) atoms. The van der Waals surface area contributed by atoms with Crippen LogP contribution in [0.3, 0.4) is 0 Å². The van der Waals surface area contributed by atoms with Crippen LogP contribution < -0.4 is 0 Å². The summed E-state index contributed by atoms with van der Waals surface area (Å²) in [6.07, 6.45) is 0. The Labute approximate surface area is 184 Å². The zero-order chi connectivity index (χ0) is 21.2. The van der Waals surface area contributed by atoms with Gasteiger partial charge in [0.05, 0.1) is 0 Å². The summed E-state index contributed by atoms with van der Waals surface area (Å²) in [4.78, 5) is 29.3. The average molecular weight is 419 g/mol. The number of hydrogen-bond donors (Lipinski definition) is 0. The molecular weight excluding hydrogens is 400 g/mol. The highest BCUT2D eigenvalue weighted by molar-refractivity contribution is 7.11. The molecule has 3 heteroatoms. The summed E-state index contributed by atoms with van der Waals surface area (Å²) < 4.78 is 0. The van der Waals surface area contributed by atoms with Crippen LogP contribution in [0.25, 0.3) is 11.1 Å². The van der Waals surface area contributed by atoms with E-state index in [2.05, 4.69) is 6.07 Å². The molecule has 2 aliphatic rings. The molecule has 2 aliphatic carbocycles. The maximum Gasteiger partial charge on any atom is 0.186 e. The van der Waals surface area contributed by atoms with E-state index in [0.29, 0.717) is 11.1 Å². The van der Waals surface area contributed by atoms with Crippen molar-refractivity contribution in [2.75, 3.05) is 0 Å². The Bertz CT molecular complexity index is 1370. The van der Waals surface area contributed by atoms with Gasteiger partial charge in [0.25, 0.3) is 0 Å². The topological polar surface area (TPSA) is 34.1 Å². The van der Waals surface area contributed by atoms with Crippen molar-refractivity contribution in [2.24, 2.45) is 0 Å². The first-order valence-corrected chi connectivity index (χ1v) is 11.2. The van der Waals surface area contributed by atoms with Crippen molar-refractivity contribution >= 4 is 34.0 Å². The minimum atomic E-state index is -1.34. The van der Waals surface area contributed by atoms with Crippen LogP contribution in [-0.4, -0.2) is 11.6 Å². The SMILES string of the molecule is Cc1ccc(C2=C(c3cccs3)c3ccccc3C23C(=O)c2ccccc2C3=O)cc1. The summed E-state index contributed by atoms with van der Waals surface area (Å²) in [5, 5.41) is 2.04. The van der Waals surface area contributed by atoms with Crippen LogP contribution in [0.15, 0.2) is 90.3 Å². The van der Waals surface area contributed by atoms with E-state index in [-0.39, 0.29) is 11.6 Å². The molecule has 0 unspecified atom stereocenters. The Morgan fingerprint density at radius 2 is 1.29 bits per heavy atom. The predicted octanol–water partition coefficient (Wildman–Crippen LogP) is 6.35. The number of allylic oxidation sites excluding steroid dienone is 1. The second-order valence-corrected chi connectivity index (χ2v) is 9.04. The summed E-state index contributed by atoms with van der Waals surface area (Å²) in [6, 6.07) is 27.4. The Hall–Kier alpha value is -3.56. The molecule has 0 saturated carbocycles. The molecule has 0 saturated heterocycles. The number of aryl methyl sites for hydroxylation is 1. The van der Waals surface area contributed by atoms with E-state index in [4.69, 9.17) is 0 Å². The summed E-state index contributed by atoms with van der Waals surface area (Å²) in [7, 11) is 0. The van der Waals surface area contributed by atoms with Gasteiger partial charge in [0.15, 0.2) is 11.6 Å². The van der Waals surface area contributed by atoms with Gasteiger partial charge < -0.3 is 0 Å². The van der Waals surface area contributed by atoms with Gasteiger partial charge in [-0.1, -0.05) is 84.4 Å². The van der Waals surface area contributed by atoms with Gasteiger partial charge in [-0.2, -0.15) is 0 Å². The Morgan fingerprint density at radius 1 is 0.677 bits per heavy atom. The number of carbonyl (C=O) groups is 2. The largest absolute Gasteiger partial charge is 0.292 e. The number of hydrogen-bond acceptors (Lipinski definition) is 3. The van der Waals surface area contributed by atoms with Gasteiger partial charge in [0, 0.05) is 21.6 Å². The Balaban J connectivity index is 1.78. The molecule has 0 amide bonds. The van der Waals surface area contributed by atoms with Crippen LogP contribution in [0.1, 0.15) is 47.8 Å². The number of Topliss-reactive ketones (excluding diaryl/α,β-unsaturated/α-hetero) is 2. The first-order valence-electron chi connectivity index (χ1n) is 10.3. The number of ketones is 2. The van der Waals surface area contributed by atoms with E-state index in [1.807, 2.05) is 79.0 Å². The van der Waals surface area contributed by atoms with E-state index >= 15 is 0 Å². The fourth-order valence-electron chi connectivity index (χ4n) is 5.10. The number of carbonyl (C=O) groups excluding carboxylic acids is 2. The lowest BCUT2D eigenvalue weighted by atomic mass is 9.70. The highest BCUT2D eigenvalue weighted by atomic mass is 32.1. The molecule has 1 aromatic heterocycles. The minimum absolute atomic E-state index is 0.123. The first-order chi connectivity index (χ1) is 15.1. The average Bonchev–Trinajstić information content (AvgIpc) is 3.48. The van der Waals surface area contributed by atoms with Crippen LogP contribution in [0, 0.1) is 6.92 Å². The highest BCUT2D eigenvalue weighted by Crippen LogP contribution is 2.58. The smallest absolute Gasteiger partial charge is 0.186 e. The fourth-order valence-corrected chi connectivity index (χ4v) is 5.89. The summed E-state index contributed by atoms with van der Waals surface area (Å²) in [5.41, 5.74) is 5.30. The van der Waals surface area contributed by atoms with Crippen LogP contribution in [0.2, 0.25) is 0 Å². The number of fused-ring (bicyclic) bond motifs is 3. The maximum atomic E-state index is 14.1. The van der Waals surface area contributed by atoms with Gasteiger partial charge in [-0.25, -0.2) is 0 Å². The molecule has 1 heterocycles. The van der Waals surface area contributed by atoms with E-state index in [1.165, 1.54) is 0 Å². The molecule has 1 spiro atoms. The zero-order valence-electron chi connectivity index (χ0n) is 16.9. The Morgan fingerprint density at radius 3 is 1.90 bits per heavy atom. The molecule has 2 nitrogen and oxygen atoms in total. The van der Waals surface area contributed by atoms with Gasteiger partial charge in [-0.3, -0.25) is 9.59 Å². The van der Waals surface area contributed by atoms with E-state index in [9.17, 15) is 9.59 Å². The standard InChI is InChI=1S/C28H18O2S/c1-17-12-14-18(15-13-17)25-24(23-11-6-16-31-23)21-9-4-5-10-22(21)28(25)26(29)19-7-2-3-8-20(19)27(28)30/h2-16H,1H3. The normalized spacial score (nSPS) is 16.2. The van der Waals surface area contributed by atoms with Crippen molar-refractivity contribution in [2.45, 2.75) is 12.3 Å². The van der Waals surface area contributed by atoms with Crippen molar-refractivity contribution in [3.8, 4) is 0 Å². The van der Waals surface area contributed by atoms with E-state index < -0.39 is 5.41 Å². The maximum absolute atomic E-state index is 14.1. The van der Waals surface area contributed by atoms with Crippen molar-refractivity contribution in [1.82, 2.24) is 0 Å². The van der Waals surface area contributed by atoms with Gasteiger partial charge in [-0.05, 0) is 40.6 Å². The second-order valence-electron chi connectivity index (χ2n) is 8.09. The summed E-state index contributed by atoms with van der Waals surface area (Å²) in [6.45, 7) is 2.04. The molecule has 6 rings (SSSR count). The van der Waals surface area contributed by atoms with Gasteiger partial charge in [0.2, 0.25) is 0 Å². The quantitative estimate of drug-likeness (QED) is 0.356. The third kappa shape index (κ3) is 2.27. The second kappa shape index (κ2) is 6.47. The molecule has 0 atom stereocenters. The lowest BCUT2D eigenvalue weighted by Gasteiger charge is -2.26. The van der Waals surface area contributed by atoms with Crippen LogP contribution in [0.4, 0.5) is 0 Å². The molecule has 4 aromatic rings. The summed E-state index contributed by atoms with van der Waals surface area (Å²) in [5.74, 6) is -0.245. The van der Waals surface area contributed by atoms with Crippen LogP contribution >= 0.6 is 11.3 Å². The summed E-state index contributed by atoms with van der Waals surface area (Å²) >= 11 is 1.63. The van der Waals surface area contributed by atoms with Gasteiger partial charge in [0.1, 0.15) is 5.41 Å². The minimum Gasteiger partial charge on any atom is -0.292 e. The van der Waals surface area contributed by atoms with Crippen molar-refractivity contribution in [3.63, 3.8) is 0 Å². The number of benzene rings is 3.